The number of nitrogens with zero attached hydrogens (tertiary/aromatic N) is 2. The first-order chi connectivity index (χ1) is 12.4. The highest BCUT2D eigenvalue weighted by atomic mass is 19.1. The Kier molecular flexibility index (Phi) is 5.46. The predicted molar refractivity (Wildman–Crippen MR) is 97.1 cm³/mol. The van der Waals surface area contributed by atoms with Crippen LogP contribution in [-0.2, 0) is 4.79 Å². The monoisotopic (exact) mass is 362 g/mol. The minimum absolute atomic E-state index is 0.0808. The highest BCUT2D eigenvalue weighted by Crippen LogP contribution is 2.30. The molecule has 2 aliphatic rings. The maximum Gasteiger partial charge on any atom is 0.317 e. The van der Waals surface area contributed by atoms with Crippen molar-refractivity contribution < 1.29 is 14.0 Å². The van der Waals surface area contributed by atoms with Gasteiger partial charge in [0.2, 0.25) is 5.91 Å². The van der Waals surface area contributed by atoms with Gasteiger partial charge in [-0.05, 0) is 50.9 Å². The summed E-state index contributed by atoms with van der Waals surface area (Å²) in [4.78, 5) is 29.0. The molecule has 2 saturated heterocycles. The lowest BCUT2D eigenvalue weighted by Gasteiger charge is -2.45. The van der Waals surface area contributed by atoms with E-state index < -0.39 is 5.54 Å². The molecule has 3 amide bonds. The van der Waals surface area contributed by atoms with Gasteiger partial charge in [0.15, 0.2) is 0 Å². The molecule has 0 aliphatic carbocycles. The number of nitrogens with one attached hydrogen (secondary N) is 2. The topological polar surface area (TPSA) is 64.7 Å². The molecule has 3 rings (SSSR count). The summed E-state index contributed by atoms with van der Waals surface area (Å²) in [7, 11) is 2.00. The number of carbonyl (C=O) groups excluding carboxylic acids is 2. The summed E-state index contributed by atoms with van der Waals surface area (Å²) in [6.07, 6.45) is 2.21. The van der Waals surface area contributed by atoms with Crippen molar-refractivity contribution >= 4 is 11.9 Å². The van der Waals surface area contributed by atoms with Crippen LogP contribution >= 0.6 is 0 Å². The largest absolute Gasteiger partial charge is 0.354 e. The normalized spacial score (nSPS) is 21.8. The predicted octanol–water partition coefficient (Wildman–Crippen LogP) is 1.88. The zero-order chi connectivity index (χ0) is 18.7. The van der Waals surface area contributed by atoms with E-state index in [9.17, 15) is 14.0 Å². The second-order valence-corrected chi connectivity index (χ2v) is 7.27. The van der Waals surface area contributed by atoms with Crippen molar-refractivity contribution in [3.8, 4) is 0 Å². The van der Waals surface area contributed by atoms with E-state index in [4.69, 9.17) is 0 Å². The lowest BCUT2D eigenvalue weighted by atomic mass is 9.85. The van der Waals surface area contributed by atoms with Gasteiger partial charge in [-0.1, -0.05) is 12.1 Å². The molecule has 2 N–H and O–H groups in total. The fraction of sp³-hybridized carbons (Fsp3) is 0.579. The molecule has 142 valence electrons. The van der Waals surface area contributed by atoms with E-state index in [2.05, 4.69) is 15.5 Å². The maximum absolute atomic E-state index is 13.0. The Bertz CT molecular complexity index is 656. The van der Waals surface area contributed by atoms with Crippen LogP contribution in [0, 0.1) is 5.82 Å². The van der Waals surface area contributed by atoms with E-state index in [1.54, 1.807) is 17.0 Å². The summed E-state index contributed by atoms with van der Waals surface area (Å²) >= 11 is 0. The Balaban J connectivity index is 1.59. The molecule has 0 saturated carbocycles. The Morgan fingerprint density at radius 2 is 1.88 bits per heavy atom. The van der Waals surface area contributed by atoms with E-state index in [0.29, 0.717) is 32.5 Å². The number of amides is 3. The lowest BCUT2D eigenvalue weighted by Crippen LogP contribution is -2.62. The first-order valence-corrected chi connectivity index (χ1v) is 9.23. The van der Waals surface area contributed by atoms with Crippen molar-refractivity contribution in [1.29, 1.82) is 0 Å². The third-order valence-electron chi connectivity index (χ3n) is 5.70. The number of likely N-dealkylation sites (tertiary alicyclic amines) is 1. The average molecular weight is 362 g/mol. The Hall–Kier alpha value is -2.15. The number of hydrogen-bond acceptors (Lipinski definition) is 3. The molecule has 6 nitrogen and oxygen atoms in total. The number of halogens is 1. The standard InChI is InChI=1S/C19H27FN4O2/c1-14(15-4-6-16(20)7-5-15)22-18(26)24-12-8-19(9-13-24)17(25)21-10-3-11-23(19)2/h4-7,14H,3,8-13H2,1-2H3,(H,21,25)(H,22,26)/t14-/m1/s1. The minimum atomic E-state index is -0.504. The SMILES string of the molecule is C[C@@H](NC(=O)N1CCC2(CC1)C(=O)NCCCN2C)c1ccc(F)cc1. The van der Waals surface area contributed by atoms with Gasteiger partial charge in [-0.3, -0.25) is 9.69 Å². The lowest BCUT2D eigenvalue weighted by molar-refractivity contribution is -0.134. The number of likely N-dealkylation sites (N-methyl/N-ethyl adjacent to an activating group) is 1. The Morgan fingerprint density at radius 1 is 1.23 bits per heavy atom. The minimum Gasteiger partial charge on any atom is -0.354 e. The highest BCUT2D eigenvalue weighted by molar-refractivity contribution is 5.87. The van der Waals surface area contributed by atoms with Crippen molar-refractivity contribution in [1.82, 2.24) is 20.4 Å². The number of piperidine rings is 1. The van der Waals surface area contributed by atoms with Crippen LogP contribution < -0.4 is 10.6 Å². The molecule has 2 fully saturated rings. The zero-order valence-electron chi connectivity index (χ0n) is 15.4. The van der Waals surface area contributed by atoms with E-state index in [1.165, 1.54) is 12.1 Å². The van der Waals surface area contributed by atoms with E-state index in [-0.39, 0.29) is 23.8 Å². The number of hydrogen-bond donors (Lipinski definition) is 2. The van der Waals surface area contributed by atoms with Crippen LogP contribution in [0.25, 0.3) is 0 Å². The first-order valence-electron chi connectivity index (χ1n) is 9.23. The maximum atomic E-state index is 13.0. The summed E-state index contributed by atoms with van der Waals surface area (Å²) in [5.41, 5.74) is 0.353. The molecule has 1 aromatic carbocycles. The zero-order valence-corrected chi connectivity index (χ0v) is 15.4. The van der Waals surface area contributed by atoms with Crippen molar-refractivity contribution in [3.63, 3.8) is 0 Å². The van der Waals surface area contributed by atoms with Gasteiger partial charge in [0.05, 0.1) is 6.04 Å². The fourth-order valence-corrected chi connectivity index (χ4v) is 3.87. The van der Waals surface area contributed by atoms with Crippen LogP contribution in [-0.4, -0.2) is 60.5 Å². The summed E-state index contributed by atoms with van der Waals surface area (Å²) in [6, 6.07) is 5.79. The van der Waals surface area contributed by atoms with E-state index >= 15 is 0 Å². The van der Waals surface area contributed by atoms with E-state index in [1.807, 2.05) is 14.0 Å². The quantitative estimate of drug-likeness (QED) is 0.844. The molecular weight excluding hydrogens is 335 g/mol. The Morgan fingerprint density at radius 3 is 2.54 bits per heavy atom. The number of rotatable bonds is 2. The first kappa shape index (κ1) is 18.6. The van der Waals surface area contributed by atoms with Gasteiger partial charge >= 0.3 is 6.03 Å². The molecule has 7 heteroatoms. The second kappa shape index (κ2) is 7.61. The molecular formula is C19H27FN4O2. The second-order valence-electron chi connectivity index (χ2n) is 7.27. The Labute approximate surface area is 153 Å². The van der Waals surface area contributed by atoms with Gasteiger partial charge in [0.1, 0.15) is 11.4 Å². The molecule has 26 heavy (non-hydrogen) atoms. The van der Waals surface area contributed by atoms with Gasteiger partial charge in [-0.15, -0.1) is 0 Å². The molecule has 1 spiro atoms. The smallest absolute Gasteiger partial charge is 0.317 e. The summed E-state index contributed by atoms with van der Waals surface area (Å²) in [5, 5.41) is 5.97. The van der Waals surface area contributed by atoms with Crippen LogP contribution in [0.5, 0.6) is 0 Å². The summed E-state index contributed by atoms with van der Waals surface area (Å²) in [5.74, 6) is -0.211. The molecule has 2 heterocycles. The van der Waals surface area contributed by atoms with E-state index in [0.717, 1.165) is 18.5 Å². The van der Waals surface area contributed by atoms with Gasteiger partial charge < -0.3 is 15.5 Å². The van der Waals surface area contributed by atoms with Crippen LogP contribution in [0.4, 0.5) is 9.18 Å². The van der Waals surface area contributed by atoms with Crippen LogP contribution in [0.2, 0.25) is 0 Å². The van der Waals surface area contributed by atoms with Crippen molar-refractivity contribution in [2.24, 2.45) is 0 Å². The van der Waals surface area contributed by atoms with Crippen molar-refractivity contribution in [2.45, 2.75) is 37.8 Å². The van der Waals surface area contributed by atoms with Gasteiger partial charge in [-0.2, -0.15) is 0 Å². The molecule has 0 unspecified atom stereocenters. The van der Waals surface area contributed by atoms with Crippen LogP contribution in [0.15, 0.2) is 24.3 Å². The number of carbonyl (C=O) groups is 2. The molecule has 1 atom stereocenters. The summed E-state index contributed by atoms with van der Waals surface area (Å²) in [6.45, 7) is 4.55. The van der Waals surface area contributed by atoms with Gasteiger partial charge in [0.25, 0.3) is 0 Å². The molecule has 2 aliphatic heterocycles. The third kappa shape index (κ3) is 3.67. The molecule has 0 bridgehead atoms. The summed E-state index contributed by atoms with van der Waals surface area (Å²) < 4.78 is 13.0. The number of urea groups is 1. The van der Waals surface area contributed by atoms with Crippen LogP contribution in [0.3, 0.4) is 0 Å². The van der Waals surface area contributed by atoms with Gasteiger partial charge in [0, 0.05) is 26.2 Å². The van der Waals surface area contributed by atoms with Crippen molar-refractivity contribution in [3.05, 3.63) is 35.6 Å². The molecule has 1 aromatic rings. The molecule has 0 radical (unpaired) electrons. The highest BCUT2D eigenvalue weighted by Gasteiger charge is 2.46. The average Bonchev–Trinajstić information content (AvgIpc) is 2.77. The number of benzene rings is 1. The fourth-order valence-electron chi connectivity index (χ4n) is 3.87. The third-order valence-corrected chi connectivity index (χ3v) is 5.70. The van der Waals surface area contributed by atoms with Crippen LogP contribution in [0.1, 0.15) is 37.8 Å². The van der Waals surface area contributed by atoms with Gasteiger partial charge in [-0.25, -0.2) is 9.18 Å². The van der Waals surface area contributed by atoms with Crippen molar-refractivity contribution in [2.75, 3.05) is 33.2 Å². The molecule has 0 aromatic heterocycles.